The molecule has 0 bridgehead atoms. The van der Waals surface area contributed by atoms with E-state index in [1.807, 2.05) is 13.8 Å². The van der Waals surface area contributed by atoms with Crippen LogP contribution in [-0.4, -0.2) is 32.7 Å². The van der Waals surface area contributed by atoms with Gasteiger partial charge in [0.1, 0.15) is 11.8 Å². The zero-order valence-corrected chi connectivity index (χ0v) is 17.9. The van der Waals surface area contributed by atoms with Gasteiger partial charge in [0.05, 0.1) is 18.0 Å². The Hall–Kier alpha value is -2.25. The molecular formula is C20H25ClN2O4S. The first-order valence-corrected chi connectivity index (χ1v) is 11.2. The van der Waals surface area contributed by atoms with Crippen LogP contribution in [0.15, 0.2) is 48.5 Å². The summed E-state index contributed by atoms with van der Waals surface area (Å²) in [4.78, 5) is 12.9. The van der Waals surface area contributed by atoms with Crippen molar-refractivity contribution in [3.8, 4) is 5.75 Å². The maximum absolute atomic E-state index is 12.9. The van der Waals surface area contributed by atoms with E-state index in [2.05, 4.69) is 5.32 Å². The first kappa shape index (κ1) is 22.0. The number of carbonyl (C=O) groups is 1. The van der Waals surface area contributed by atoms with Gasteiger partial charge in [-0.2, -0.15) is 0 Å². The van der Waals surface area contributed by atoms with E-state index in [1.165, 1.54) is 6.07 Å². The highest BCUT2D eigenvalue weighted by atomic mass is 35.5. The van der Waals surface area contributed by atoms with Gasteiger partial charge in [-0.15, -0.1) is 0 Å². The van der Waals surface area contributed by atoms with E-state index in [9.17, 15) is 13.2 Å². The molecule has 0 aliphatic heterocycles. The maximum atomic E-state index is 12.9. The topological polar surface area (TPSA) is 75.7 Å². The molecule has 0 aliphatic carbocycles. The van der Waals surface area contributed by atoms with Gasteiger partial charge in [0.25, 0.3) is 0 Å². The van der Waals surface area contributed by atoms with Gasteiger partial charge in [0.2, 0.25) is 15.9 Å². The fourth-order valence-corrected chi connectivity index (χ4v) is 4.21. The summed E-state index contributed by atoms with van der Waals surface area (Å²) >= 11 is 6.02. The summed E-state index contributed by atoms with van der Waals surface area (Å²) in [5.41, 5.74) is 0.870. The number of nitrogens with zero attached hydrogens (tertiary/aromatic N) is 1. The molecule has 1 N–H and O–H groups in total. The van der Waals surface area contributed by atoms with Crippen LogP contribution in [0, 0.1) is 0 Å². The van der Waals surface area contributed by atoms with Gasteiger partial charge in [-0.05, 0) is 50.6 Å². The molecule has 6 nitrogen and oxygen atoms in total. The molecule has 1 amide bonds. The van der Waals surface area contributed by atoms with Gasteiger partial charge in [0.15, 0.2) is 0 Å². The number of halogens is 1. The Balaban J connectivity index is 2.32. The molecule has 0 saturated heterocycles. The van der Waals surface area contributed by atoms with E-state index >= 15 is 0 Å². The number of hydrogen-bond acceptors (Lipinski definition) is 4. The number of rotatable bonds is 8. The second-order valence-electron chi connectivity index (χ2n) is 6.65. The van der Waals surface area contributed by atoms with Crippen molar-refractivity contribution >= 4 is 38.9 Å². The molecule has 0 unspecified atom stereocenters. The zero-order valence-electron chi connectivity index (χ0n) is 16.3. The predicted octanol–water partition coefficient (Wildman–Crippen LogP) is 4.31. The molecule has 0 heterocycles. The summed E-state index contributed by atoms with van der Waals surface area (Å²) in [5.74, 6) is 0.185. The fraction of sp³-hybridized carbons (Fsp3) is 0.350. The number of hydrogen-bond donors (Lipinski definition) is 1. The van der Waals surface area contributed by atoms with Crippen LogP contribution in [0.2, 0.25) is 5.02 Å². The molecule has 0 aromatic heterocycles. The third-order valence-electron chi connectivity index (χ3n) is 3.87. The van der Waals surface area contributed by atoms with E-state index in [0.29, 0.717) is 22.1 Å². The van der Waals surface area contributed by atoms with Crippen molar-refractivity contribution in [1.82, 2.24) is 0 Å². The number of carbonyl (C=O) groups excluding carboxylic acids is 1. The molecule has 152 valence electrons. The maximum Gasteiger partial charge on any atom is 0.248 e. The number of anilines is 2. The fourth-order valence-electron chi connectivity index (χ4n) is 2.82. The van der Waals surface area contributed by atoms with E-state index in [1.54, 1.807) is 49.4 Å². The number of nitrogens with one attached hydrogen (secondary N) is 1. The number of sulfonamides is 1. The number of ether oxygens (including phenoxy) is 1. The van der Waals surface area contributed by atoms with Crippen molar-refractivity contribution in [2.45, 2.75) is 39.3 Å². The molecule has 8 heteroatoms. The molecule has 2 rings (SSSR count). The molecule has 0 spiro atoms. The SMILES string of the molecule is CC[C@@H](C(=O)Nc1cccc(OC(C)C)c1)N(c1cccc(Cl)c1)S(C)(=O)=O. The van der Waals surface area contributed by atoms with E-state index in [0.717, 1.165) is 10.6 Å². The van der Waals surface area contributed by atoms with Crippen molar-refractivity contribution in [2.75, 3.05) is 15.9 Å². The summed E-state index contributed by atoms with van der Waals surface area (Å²) in [7, 11) is -3.72. The minimum absolute atomic E-state index is 0.00195. The van der Waals surface area contributed by atoms with Gasteiger partial charge in [0, 0.05) is 16.8 Å². The van der Waals surface area contributed by atoms with Crippen LogP contribution in [0.25, 0.3) is 0 Å². The Kier molecular flexibility index (Phi) is 7.32. The third-order valence-corrected chi connectivity index (χ3v) is 5.28. The summed E-state index contributed by atoms with van der Waals surface area (Å²) in [5, 5.41) is 3.17. The van der Waals surface area contributed by atoms with Crippen LogP contribution in [0.5, 0.6) is 5.75 Å². The molecule has 0 aliphatic rings. The Morgan fingerprint density at radius 3 is 2.43 bits per heavy atom. The number of amides is 1. The summed E-state index contributed by atoms with van der Waals surface area (Å²) < 4.78 is 31.7. The molecule has 2 aromatic rings. The Morgan fingerprint density at radius 2 is 1.86 bits per heavy atom. The lowest BCUT2D eigenvalue weighted by molar-refractivity contribution is -0.117. The van der Waals surface area contributed by atoms with Gasteiger partial charge >= 0.3 is 0 Å². The van der Waals surface area contributed by atoms with E-state index < -0.39 is 22.0 Å². The molecule has 0 saturated carbocycles. The third kappa shape index (κ3) is 5.87. The minimum Gasteiger partial charge on any atom is -0.491 e. The van der Waals surface area contributed by atoms with Crippen LogP contribution in [0.3, 0.4) is 0 Å². The first-order chi connectivity index (χ1) is 13.1. The Labute approximate surface area is 171 Å². The first-order valence-electron chi connectivity index (χ1n) is 8.94. The second-order valence-corrected chi connectivity index (χ2v) is 8.94. The summed E-state index contributed by atoms with van der Waals surface area (Å²) in [6.45, 7) is 5.58. The molecule has 28 heavy (non-hydrogen) atoms. The highest BCUT2D eigenvalue weighted by Crippen LogP contribution is 2.26. The lowest BCUT2D eigenvalue weighted by Gasteiger charge is -2.30. The van der Waals surface area contributed by atoms with Crippen LogP contribution >= 0.6 is 11.6 Å². The van der Waals surface area contributed by atoms with Crippen molar-refractivity contribution in [3.63, 3.8) is 0 Å². The highest BCUT2D eigenvalue weighted by molar-refractivity contribution is 7.92. The quantitative estimate of drug-likeness (QED) is 0.685. The monoisotopic (exact) mass is 424 g/mol. The van der Waals surface area contributed by atoms with E-state index in [-0.39, 0.29) is 12.5 Å². The second kappa shape index (κ2) is 9.30. The van der Waals surface area contributed by atoms with Crippen LogP contribution in [0.4, 0.5) is 11.4 Å². The molecule has 1 atom stereocenters. The van der Waals surface area contributed by atoms with Gasteiger partial charge in [-0.25, -0.2) is 8.42 Å². The van der Waals surface area contributed by atoms with E-state index in [4.69, 9.17) is 16.3 Å². The Morgan fingerprint density at radius 1 is 1.18 bits per heavy atom. The molecule has 2 aromatic carbocycles. The van der Waals surface area contributed by atoms with Gasteiger partial charge in [-0.3, -0.25) is 9.10 Å². The highest BCUT2D eigenvalue weighted by Gasteiger charge is 2.31. The van der Waals surface area contributed by atoms with Gasteiger partial charge in [-0.1, -0.05) is 30.7 Å². The average Bonchev–Trinajstić information content (AvgIpc) is 2.58. The normalized spacial score (nSPS) is 12.5. The largest absolute Gasteiger partial charge is 0.491 e. The number of benzene rings is 2. The van der Waals surface area contributed by atoms with Gasteiger partial charge < -0.3 is 10.1 Å². The smallest absolute Gasteiger partial charge is 0.248 e. The summed E-state index contributed by atoms with van der Waals surface area (Å²) in [6.07, 6.45) is 1.35. The van der Waals surface area contributed by atoms with Crippen LogP contribution in [0.1, 0.15) is 27.2 Å². The minimum atomic E-state index is -3.72. The van der Waals surface area contributed by atoms with Crippen molar-refractivity contribution in [2.24, 2.45) is 0 Å². The lowest BCUT2D eigenvalue weighted by Crippen LogP contribution is -2.47. The van der Waals surface area contributed by atoms with Crippen molar-refractivity contribution < 1.29 is 17.9 Å². The zero-order chi connectivity index (χ0) is 20.9. The predicted molar refractivity (Wildman–Crippen MR) is 114 cm³/mol. The lowest BCUT2D eigenvalue weighted by atomic mass is 10.1. The molecular weight excluding hydrogens is 400 g/mol. The molecule has 0 fully saturated rings. The standard InChI is InChI=1S/C20H25ClN2O4S/c1-5-19(23(28(4,25)26)17-10-6-8-15(21)12-17)20(24)22-16-9-7-11-18(13-16)27-14(2)3/h6-14,19H,5H2,1-4H3,(H,22,24)/t19-/m0/s1. The van der Waals surface area contributed by atoms with Crippen LogP contribution < -0.4 is 14.4 Å². The molecule has 0 radical (unpaired) electrons. The van der Waals surface area contributed by atoms with Crippen LogP contribution in [-0.2, 0) is 14.8 Å². The van der Waals surface area contributed by atoms with Crippen molar-refractivity contribution in [1.29, 1.82) is 0 Å². The Bertz CT molecular complexity index is 931. The van der Waals surface area contributed by atoms with Crippen molar-refractivity contribution in [3.05, 3.63) is 53.6 Å². The average molecular weight is 425 g/mol. The summed E-state index contributed by atoms with van der Waals surface area (Å²) in [6, 6.07) is 12.5.